The van der Waals surface area contributed by atoms with Crippen molar-refractivity contribution in [3.63, 3.8) is 0 Å². The Labute approximate surface area is 265 Å². The predicted octanol–water partition coefficient (Wildman–Crippen LogP) is 7.27. The van der Waals surface area contributed by atoms with Crippen molar-refractivity contribution in [2.24, 2.45) is 10.9 Å². The zero-order valence-electron chi connectivity index (χ0n) is 25.8. The van der Waals surface area contributed by atoms with Crippen molar-refractivity contribution in [2.45, 2.75) is 46.3 Å². The maximum atomic E-state index is 13.3. The van der Waals surface area contributed by atoms with Gasteiger partial charge in [0.2, 0.25) is 0 Å². The summed E-state index contributed by atoms with van der Waals surface area (Å²) in [6, 6.07) is 16.9. The number of aryl methyl sites for hydroxylation is 2. The minimum absolute atomic E-state index is 0.231. The molecule has 0 spiro atoms. The van der Waals surface area contributed by atoms with Crippen LogP contribution in [-0.2, 0) is 4.79 Å². The van der Waals surface area contributed by atoms with E-state index in [4.69, 9.17) is 4.99 Å². The fourth-order valence-corrected chi connectivity index (χ4v) is 5.27. The van der Waals surface area contributed by atoms with E-state index in [9.17, 15) is 22.8 Å². The molecule has 0 radical (unpaired) electrons. The molecule has 0 aliphatic carbocycles. The highest BCUT2D eigenvalue weighted by atomic mass is 19.4. The molecule has 5 rings (SSSR count). The lowest BCUT2D eigenvalue weighted by Crippen LogP contribution is -2.43. The average molecular weight is 633 g/mol. The van der Waals surface area contributed by atoms with Gasteiger partial charge in [-0.3, -0.25) is 9.79 Å². The number of para-hydroxylation sites is 2. The number of allylic oxidation sites excluding steroid dienone is 2. The van der Waals surface area contributed by atoms with Gasteiger partial charge in [0, 0.05) is 35.4 Å². The molecule has 9 nitrogen and oxygen atoms in total. The summed E-state index contributed by atoms with van der Waals surface area (Å²) in [6.07, 6.45) is 0.153. The highest BCUT2D eigenvalue weighted by molar-refractivity contribution is 6.22. The third-order valence-corrected chi connectivity index (χ3v) is 7.42. The number of urea groups is 1. The molecule has 2 unspecified atom stereocenters. The third-order valence-electron chi connectivity index (χ3n) is 7.42. The maximum absolute atomic E-state index is 13.3. The van der Waals surface area contributed by atoms with E-state index in [1.165, 1.54) is 12.1 Å². The van der Waals surface area contributed by atoms with Crippen LogP contribution in [0, 0.1) is 19.8 Å². The van der Waals surface area contributed by atoms with E-state index in [-0.39, 0.29) is 17.5 Å². The van der Waals surface area contributed by atoms with E-state index in [0.717, 1.165) is 28.9 Å². The van der Waals surface area contributed by atoms with Gasteiger partial charge in [0.05, 0.1) is 5.57 Å². The zero-order valence-corrected chi connectivity index (χ0v) is 25.8. The summed E-state index contributed by atoms with van der Waals surface area (Å²) in [5, 5.41) is 12.1. The number of benzene rings is 3. The molecule has 4 N–H and O–H groups in total. The molecule has 3 aromatic carbocycles. The first-order valence-corrected chi connectivity index (χ1v) is 14.8. The van der Waals surface area contributed by atoms with Gasteiger partial charge in [0.15, 0.2) is 0 Å². The number of carbonyl (C=O) groups excluding carboxylic acids is 2. The molecule has 2 atom stereocenters. The average Bonchev–Trinajstić information content (AvgIpc) is 3.36. The molecular weight excluding hydrogens is 597 g/mol. The highest BCUT2D eigenvalue weighted by Crippen LogP contribution is 2.39. The van der Waals surface area contributed by atoms with Crippen LogP contribution in [0.15, 0.2) is 95.6 Å². The van der Waals surface area contributed by atoms with E-state index in [2.05, 4.69) is 26.0 Å². The quantitative estimate of drug-likeness (QED) is 0.199. The summed E-state index contributed by atoms with van der Waals surface area (Å²) in [5.41, 5.74) is 4.87. The lowest BCUT2D eigenvalue weighted by Gasteiger charge is -2.32. The predicted molar refractivity (Wildman–Crippen MR) is 173 cm³/mol. The molecule has 240 valence electrons. The van der Waals surface area contributed by atoms with Crippen molar-refractivity contribution in [3.8, 4) is 5.75 Å². The number of nitrogens with one attached hydrogen (secondary N) is 4. The van der Waals surface area contributed by atoms with Gasteiger partial charge in [-0.2, -0.15) is 0 Å². The van der Waals surface area contributed by atoms with E-state index in [1.54, 1.807) is 18.2 Å². The van der Waals surface area contributed by atoms with E-state index < -0.39 is 30.4 Å². The largest absolute Gasteiger partial charge is 0.573 e. The van der Waals surface area contributed by atoms with Gasteiger partial charge in [0.25, 0.3) is 5.91 Å². The molecule has 2 heterocycles. The van der Waals surface area contributed by atoms with Crippen LogP contribution in [0.3, 0.4) is 0 Å². The standard InChI is InChI=1S/C34H35F3N6O3/c1-20(2)19-38-32(44)26-12-8-18-43-30(26)42-29(31(43)41-28-21(3)9-7-10-22(28)4)25-11-5-6-13-27(25)40-33(45)39-23-14-16-24(17-15-23)46-34(35,36)37/h5-18,20,29,31,41H,19H2,1-4H3,(H,38,44)(H2,39,40,45). The van der Waals surface area contributed by atoms with Crippen LogP contribution in [0.4, 0.5) is 35.0 Å². The maximum Gasteiger partial charge on any atom is 0.573 e. The van der Waals surface area contributed by atoms with Crippen LogP contribution in [0.1, 0.15) is 36.6 Å². The molecule has 0 saturated heterocycles. The molecule has 0 bridgehead atoms. The second-order valence-electron chi connectivity index (χ2n) is 11.4. The second-order valence-corrected chi connectivity index (χ2v) is 11.4. The highest BCUT2D eigenvalue weighted by Gasteiger charge is 2.41. The SMILES string of the molecule is Cc1cccc(C)c1NC1C(c2ccccc2NC(=O)Nc2ccc(OC(F)(F)F)cc2)N=C2C(C(=O)NCC(C)C)=CC=CN21. The number of nitrogens with zero attached hydrogens (tertiary/aromatic N) is 2. The summed E-state index contributed by atoms with van der Waals surface area (Å²) >= 11 is 0. The van der Waals surface area contributed by atoms with Crippen LogP contribution in [0.2, 0.25) is 0 Å². The number of carbonyl (C=O) groups is 2. The van der Waals surface area contributed by atoms with Crippen molar-refractivity contribution in [2.75, 3.05) is 22.5 Å². The number of rotatable bonds is 9. The number of alkyl halides is 3. The van der Waals surface area contributed by atoms with Crippen LogP contribution in [0.25, 0.3) is 0 Å². The van der Waals surface area contributed by atoms with Gasteiger partial charge in [-0.1, -0.05) is 50.2 Å². The summed E-state index contributed by atoms with van der Waals surface area (Å²) in [7, 11) is 0. The first-order valence-electron chi connectivity index (χ1n) is 14.8. The molecule has 0 aromatic heterocycles. The Morgan fingerprint density at radius 1 is 0.957 bits per heavy atom. The summed E-state index contributed by atoms with van der Waals surface area (Å²) in [4.78, 5) is 33.3. The van der Waals surface area contributed by atoms with Gasteiger partial charge >= 0.3 is 12.4 Å². The molecule has 46 heavy (non-hydrogen) atoms. The van der Waals surface area contributed by atoms with Crippen LogP contribution < -0.4 is 26.0 Å². The molecule has 0 saturated carbocycles. The number of amides is 3. The number of aliphatic imine (C=N–C) groups is 1. The number of fused-ring (bicyclic) bond motifs is 1. The normalized spacial score (nSPS) is 17.2. The molecular formula is C34H35F3N6O3. The Morgan fingerprint density at radius 2 is 1.65 bits per heavy atom. The Balaban J connectivity index is 1.44. The molecule has 12 heteroatoms. The molecule has 2 aliphatic rings. The number of ether oxygens (including phenoxy) is 1. The Hall–Kier alpha value is -5.26. The minimum Gasteiger partial charge on any atom is -0.406 e. The first kappa shape index (κ1) is 32.1. The van der Waals surface area contributed by atoms with Crippen LogP contribution >= 0.6 is 0 Å². The van der Waals surface area contributed by atoms with Crippen molar-refractivity contribution in [3.05, 3.63) is 107 Å². The topological polar surface area (TPSA) is 107 Å². The fourth-order valence-electron chi connectivity index (χ4n) is 5.27. The zero-order chi connectivity index (χ0) is 33.0. The number of halogens is 3. The second kappa shape index (κ2) is 13.4. The molecule has 3 amide bonds. The van der Waals surface area contributed by atoms with E-state index in [1.807, 2.05) is 75.2 Å². The monoisotopic (exact) mass is 632 g/mol. The summed E-state index contributed by atoms with van der Waals surface area (Å²) < 4.78 is 41.5. The third kappa shape index (κ3) is 7.51. The van der Waals surface area contributed by atoms with Crippen molar-refractivity contribution in [1.82, 2.24) is 10.2 Å². The number of amidine groups is 1. The number of hydrogen-bond acceptors (Lipinski definition) is 6. The number of hydrogen-bond donors (Lipinski definition) is 4. The lowest BCUT2D eigenvalue weighted by atomic mass is 10.0. The molecule has 3 aromatic rings. The minimum atomic E-state index is -4.82. The van der Waals surface area contributed by atoms with E-state index >= 15 is 0 Å². The van der Waals surface area contributed by atoms with Gasteiger partial charge in [-0.25, -0.2) is 4.79 Å². The van der Waals surface area contributed by atoms with Crippen molar-refractivity contribution in [1.29, 1.82) is 0 Å². The fraction of sp³-hybridized carbons (Fsp3) is 0.265. The Morgan fingerprint density at radius 3 is 2.33 bits per heavy atom. The lowest BCUT2D eigenvalue weighted by molar-refractivity contribution is -0.274. The van der Waals surface area contributed by atoms with Crippen LogP contribution in [-0.4, -0.2) is 41.7 Å². The number of anilines is 3. The molecule has 0 fully saturated rings. The molecule has 2 aliphatic heterocycles. The summed E-state index contributed by atoms with van der Waals surface area (Å²) in [5.74, 6) is 0.138. The smallest absolute Gasteiger partial charge is 0.406 e. The van der Waals surface area contributed by atoms with Gasteiger partial charge < -0.3 is 30.9 Å². The van der Waals surface area contributed by atoms with Gasteiger partial charge in [-0.05, 0) is 73.4 Å². The van der Waals surface area contributed by atoms with E-state index in [0.29, 0.717) is 29.2 Å². The van der Waals surface area contributed by atoms with Gasteiger partial charge in [-0.15, -0.1) is 13.2 Å². The summed E-state index contributed by atoms with van der Waals surface area (Å²) in [6.45, 7) is 8.58. The van der Waals surface area contributed by atoms with Crippen molar-refractivity contribution < 1.29 is 27.5 Å². The Bertz CT molecular complexity index is 1680. The first-order chi connectivity index (χ1) is 21.9. The van der Waals surface area contributed by atoms with Gasteiger partial charge in [0.1, 0.15) is 23.8 Å². The Kier molecular flexibility index (Phi) is 9.36. The van der Waals surface area contributed by atoms with Crippen LogP contribution in [0.5, 0.6) is 5.75 Å². The van der Waals surface area contributed by atoms with Crippen molar-refractivity contribution >= 4 is 34.8 Å².